The normalized spacial score (nSPS) is 25.5. The van der Waals surface area contributed by atoms with Crippen LogP contribution >= 0.6 is 0 Å². The summed E-state index contributed by atoms with van der Waals surface area (Å²) in [4.78, 5) is 13.3. The van der Waals surface area contributed by atoms with Gasteiger partial charge < -0.3 is 10.2 Å². The van der Waals surface area contributed by atoms with Crippen molar-refractivity contribution in [1.82, 2.24) is 10.2 Å². The molecule has 0 radical (unpaired) electrons. The lowest BCUT2D eigenvalue weighted by Gasteiger charge is -2.19. The Hall–Kier alpha value is -0.730. The molecule has 2 atom stereocenters. The lowest BCUT2D eigenvalue weighted by molar-refractivity contribution is 0.202. The Kier molecular flexibility index (Phi) is 3.58. The van der Waals surface area contributed by atoms with Crippen LogP contribution in [0.4, 0.5) is 4.79 Å². The van der Waals surface area contributed by atoms with Crippen molar-refractivity contribution in [2.45, 2.75) is 27.2 Å². The van der Waals surface area contributed by atoms with Crippen LogP contribution < -0.4 is 5.32 Å². The predicted octanol–water partition coefficient (Wildman–Crippen LogP) is 1.69. The highest BCUT2D eigenvalue weighted by Crippen LogP contribution is 2.36. The van der Waals surface area contributed by atoms with Gasteiger partial charge in [0.1, 0.15) is 0 Å². The van der Waals surface area contributed by atoms with Crippen molar-refractivity contribution in [2.24, 2.45) is 11.8 Å². The molecule has 0 aliphatic heterocycles. The minimum Gasteiger partial charge on any atom is -0.338 e. The third-order valence-corrected chi connectivity index (χ3v) is 2.84. The molecule has 1 rings (SSSR count). The zero-order chi connectivity index (χ0) is 9.84. The predicted molar refractivity (Wildman–Crippen MR) is 53.6 cm³/mol. The summed E-state index contributed by atoms with van der Waals surface area (Å²) in [5.41, 5.74) is 0. The van der Waals surface area contributed by atoms with Crippen molar-refractivity contribution in [2.75, 3.05) is 19.6 Å². The van der Waals surface area contributed by atoms with Crippen molar-refractivity contribution < 1.29 is 4.79 Å². The highest BCUT2D eigenvalue weighted by Gasteiger charge is 2.32. The zero-order valence-electron chi connectivity index (χ0n) is 8.84. The molecule has 1 saturated carbocycles. The van der Waals surface area contributed by atoms with Crippen molar-refractivity contribution in [1.29, 1.82) is 0 Å². The van der Waals surface area contributed by atoms with Crippen LogP contribution in [0.15, 0.2) is 0 Å². The van der Waals surface area contributed by atoms with Gasteiger partial charge in [0.25, 0.3) is 0 Å². The second kappa shape index (κ2) is 4.49. The van der Waals surface area contributed by atoms with Gasteiger partial charge in [0.2, 0.25) is 0 Å². The smallest absolute Gasteiger partial charge is 0.317 e. The molecule has 76 valence electrons. The summed E-state index contributed by atoms with van der Waals surface area (Å²) in [6.45, 7) is 8.68. The van der Waals surface area contributed by atoms with Gasteiger partial charge in [0.05, 0.1) is 0 Å². The van der Waals surface area contributed by atoms with Crippen LogP contribution in [0.2, 0.25) is 0 Å². The Balaban J connectivity index is 2.16. The highest BCUT2D eigenvalue weighted by molar-refractivity contribution is 5.74. The summed E-state index contributed by atoms with van der Waals surface area (Å²) >= 11 is 0. The second-order valence-electron chi connectivity index (χ2n) is 3.83. The number of carbonyl (C=O) groups excluding carboxylic acids is 1. The monoisotopic (exact) mass is 184 g/mol. The van der Waals surface area contributed by atoms with E-state index in [-0.39, 0.29) is 6.03 Å². The number of urea groups is 1. The molecule has 0 aromatic heterocycles. The first-order valence-electron chi connectivity index (χ1n) is 5.21. The minimum absolute atomic E-state index is 0.0871. The fourth-order valence-electron chi connectivity index (χ4n) is 1.52. The van der Waals surface area contributed by atoms with Crippen molar-refractivity contribution >= 4 is 6.03 Å². The number of amides is 2. The fourth-order valence-corrected chi connectivity index (χ4v) is 1.52. The molecule has 0 spiro atoms. The summed E-state index contributed by atoms with van der Waals surface area (Å²) in [7, 11) is 0. The molecule has 3 heteroatoms. The van der Waals surface area contributed by atoms with Gasteiger partial charge in [-0.1, -0.05) is 6.92 Å². The van der Waals surface area contributed by atoms with Crippen LogP contribution in [0.1, 0.15) is 27.2 Å². The van der Waals surface area contributed by atoms with Crippen LogP contribution in [0.3, 0.4) is 0 Å². The molecule has 3 nitrogen and oxygen atoms in total. The van der Waals surface area contributed by atoms with Gasteiger partial charge in [-0.2, -0.15) is 0 Å². The molecule has 0 aromatic carbocycles. The Labute approximate surface area is 80.5 Å². The van der Waals surface area contributed by atoms with Gasteiger partial charge in [0, 0.05) is 19.6 Å². The van der Waals surface area contributed by atoms with Gasteiger partial charge in [-0.3, -0.25) is 0 Å². The van der Waals surface area contributed by atoms with E-state index in [1.165, 1.54) is 6.42 Å². The number of hydrogen-bond acceptors (Lipinski definition) is 1. The first kappa shape index (κ1) is 10.4. The van der Waals surface area contributed by atoms with E-state index < -0.39 is 0 Å². The van der Waals surface area contributed by atoms with Crippen LogP contribution in [0.25, 0.3) is 0 Å². The molecule has 1 fully saturated rings. The standard InChI is InChI=1S/C10H20N2O/c1-4-12(5-2)10(13)11-7-9-6-8(9)3/h8-9H,4-7H2,1-3H3,(H,11,13). The van der Waals surface area contributed by atoms with E-state index in [0.29, 0.717) is 0 Å². The Bertz CT molecular complexity index is 178. The van der Waals surface area contributed by atoms with E-state index >= 15 is 0 Å². The summed E-state index contributed by atoms with van der Waals surface area (Å²) < 4.78 is 0. The van der Waals surface area contributed by atoms with E-state index in [1.54, 1.807) is 0 Å². The zero-order valence-corrected chi connectivity index (χ0v) is 8.84. The van der Waals surface area contributed by atoms with Gasteiger partial charge in [-0.25, -0.2) is 4.79 Å². The molecule has 1 aliphatic rings. The lowest BCUT2D eigenvalue weighted by atomic mass is 10.3. The largest absolute Gasteiger partial charge is 0.338 e. The van der Waals surface area contributed by atoms with E-state index in [0.717, 1.165) is 31.5 Å². The SMILES string of the molecule is CCN(CC)C(=O)NCC1CC1C. The van der Waals surface area contributed by atoms with Crippen LogP contribution in [-0.2, 0) is 0 Å². The quantitative estimate of drug-likeness (QED) is 0.708. The topological polar surface area (TPSA) is 32.3 Å². The van der Waals surface area contributed by atoms with Crippen LogP contribution in [0.5, 0.6) is 0 Å². The van der Waals surface area contributed by atoms with Crippen molar-refractivity contribution in [3.05, 3.63) is 0 Å². The third kappa shape index (κ3) is 2.90. The van der Waals surface area contributed by atoms with E-state index in [1.807, 2.05) is 18.7 Å². The summed E-state index contributed by atoms with van der Waals surface area (Å²) in [6, 6.07) is 0.0871. The van der Waals surface area contributed by atoms with Gasteiger partial charge >= 0.3 is 6.03 Å². The first-order valence-corrected chi connectivity index (χ1v) is 5.21. The highest BCUT2D eigenvalue weighted by atomic mass is 16.2. The molecular weight excluding hydrogens is 164 g/mol. The van der Waals surface area contributed by atoms with Gasteiger partial charge in [-0.15, -0.1) is 0 Å². The maximum Gasteiger partial charge on any atom is 0.317 e. The fraction of sp³-hybridized carbons (Fsp3) is 0.900. The maximum absolute atomic E-state index is 11.5. The average molecular weight is 184 g/mol. The molecule has 0 saturated heterocycles. The number of nitrogens with one attached hydrogen (secondary N) is 1. The molecule has 1 N–H and O–H groups in total. The summed E-state index contributed by atoms with van der Waals surface area (Å²) in [5, 5.41) is 2.96. The first-order chi connectivity index (χ1) is 6.19. The van der Waals surface area contributed by atoms with E-state index in [4.69, 9.17) is 0 Å². The Morgan fingerprint density at radius 3 is 2.38 bits per heavy atom. The third-order valence-electron chi connectivity index (χ3n) is 2.84. The number of carbonyl (C=O) groups is 1. The lowest BCUT2D eigenvalue weighted by Crippen LogP contribution is -2.40. The van der Waals surface area contributed by atoms with Crippen LogP contribution in [0, 0.1) is 11.8 Å². The Morgan fingerprint density at radius 2 is 2.00 bits per heavy atom. The van der Waals surface area contributed by atoms with Crippen molar-refractivity contribution in [3.8, 4) is 0 Å². The van der Waals surface area contributed by atoms with E-state index in [2.05, 4.69) is 12.2 Å². The maximum atomic E-state index is 11.5. The summed E-state index contributed by atoms with van der Waals surface area (Å²) in [5.74, 6) is 1.55. The molecule has 2 amide bonds. The molecule has 0 aromatic rings. The second-order valence-corrected chi connectivity index (χ2v) is 3.83. The van der Waals surface area contributed by atoms with Crippen molar-refractivity contribution in [3.63, 3.8) is 0 Å². The Morgan fingerprint density at radius 1 is 1.46 bits per heavy atom. The molecule has 13 heavy (non-hydrogen) atoms. The summed E-state index contributed by atoms with van der Waals surface area (Å²) in [6.07, 6.45) is 1.28. The molecular formula is C10H20N2O. The average Bonchev–Trinajstić information content (AvgIpc) is 2.81. The molecule has 0 bridgehead atoms. The van der Waals surface area contributed by atoms with E-state index in [9.17, 15) is 4.79 Å². The number of rotatable bonds is 4. The molecule has 0 heterocycles. The molecule has 2 unspecified atom stereocenters. The van der Waals surface area contributed by atoms with Crippen LogP contribution in [-0.4, -0.2) is 30.6 Å². The van der Waals surface area contributed by atoms with Gasteiger partial charge in [0.15, 0.2) is 0 Å². The number of hydrogen-bond donors (Lipinski definition) is 1. The molecule has 1 aliphatic carbocycles. The van der Waals surface area contributed by atoms with Gasteiger partial charge in [-0.05, 0) is 32.1 Å². The number of nitrogens with zero attached hydrogens (tertiary/aromatic N) is 1. The minimum atomic E-state index is 0.0871.